The van der Waals surface area contributed by atoms with Crippen molar-refractivity contribution in [3.05, 3.63) is 59.4 Å². The van der Waals surface area contributed by atoms with Crippen LogP contribution in [0.3, 0.4) is 0 Å². The van der Waals surface area contributed by atoms with Gasteiger partial charge in [0.25, 0.3) is 0 Å². The number of piperidine rings is 1. The highest BCUT2D eigenvalue weighted by molar-refractivity contribution is 7.80. The monoisotopic (exact) mass is 353 g/mol. The first kappa shape index (κ1) is 17.9. The molecular formula is C21H27N3S. The fourth-order valence-electron chi connectivity index (χ4n) is 3.68. The van der Waals surface area contributed by atoms with E-state index in [1.807, 2.05) is 18.5 Å². The van der Waals surface area contributed by atoms with Gasteiger partial charge in [-0.05, 0) is 67.1 Å². The average Bonchev–Trinajstić information content (AvgIpc) is 2.68. The molecule has 1 aromatic heterocycles. The highest BCUT2D eigenvalue weighted by Gasteiger charge is 2.26. The molecule has 1 aliphatic heterocycles. The molecular weight excluding hydrogens is 326 g/mol. The Morgan fingerprint density at radius 3 is 2.56 bits per heavy atom. The van der Waals surface area contributed by atoms with E-state index in [-0.39, 0.29) is 0 Å². The van der Waals surface area contributed by atoms with Crippen LogP contribution in [0.4, 0.5) is 5.69 Å². The summed E-state index contributed by atoms with van der Waals surface area (Å²) in [4.78, 5) is 6.65. The molecule has 1 aliphatic rings. The zero-order valence-corrected chi connectivity index (χ0v) is 16.0. The van der Waals surface area contributed by atoms with Crippen LogP contribution in [0.25, 0.3) is 0 Å². The second kappa shape index (κ2) is 8.43. The quantitative estimate of drug-likeness (QED) is 0.771. The Kier molecular flexibility index (Phi) is 6.03. The van der Waals surface area contributed by atoms with E-state index in [1.54, 1.807) is 0 Å². The van der Waals surface area contributed by atoms with Crippen molar-refractivity contribution in [3.8, 4) is 0 Å². The molecule has 3 rings (SSSR count). The Morgan fingerprint density at radius 1 is 1.16 bits per heavy atom. The minimum atomic E-state index is 0.321. The molecule has 25 heavy (non-hydrogen) atoms. The Labute approximate surface area is 156 Å². The van der Waals surface area contributed by atoms with Gasteiger partial charge in [-0.2, -0.15) is 0 Å². The smallest absolute Gasteiger partial charge is 0.173 e. The van der Waals surface area contributed by atoms with Crippen LogP contribution < -0.4 is 5.32 Å². The fraction of sp³-hybridized carbons (Fsp3) is 0.429. The van der Waals surface area contributed by atoms with Gasteiger partial charge < -0.3 is 10.2 Å². The lowest BCUT2D eigenvalue weighted by atomic mass is 9.97. The summed E-state index contributed by atoms with van der Waals surface area (Å²) in [5.41, 5.74) is 5.12. The number of benzene rings is 1. The van der Waals surface area contributed by atoms with Gasteiger partial charge in [0.1, 0.15) is 0 Å². The SMILES string of the molecule is CCc1cccc(CC)c1NC(=S)N1CCCC[C@H]1c1cccnc1. The van der Waals surface area contributed by atoms with Gasteiger partial charge in [-0.3, -0.25) is 4.98 Å². The first-order valence-electron chi connectivity index (χ1n) is 9.32. The highest BCUT2D eigenvalue weighted by Crippen LogP contribution is 2.32. The number of nitrogens with one attached hydrogen (secondary N) is 1. The van der Waals surface area contributed by atoms with Crippen molar-refractivity contribution in [2.45, 2.75) is 52.0 Å². The van der Waals surface area contributed by atoms with Crippen LogP contribution in [0, 0.1) is 0 Å². The Bertz CT molecular complexity index is 692. The molecule has 2 heterocycles. The van der Waals surface area contributed by atoms with Crippen LogP contribution in [-0.4, -0.2) is 21.5 Å². The molecule has 0 bridgehead atoms. The average molecular weight is 354 g/mol. The van der Waals surface area contributed by atoms with Gasteiger partial charge in [-0.15, -0.1) is 0 Å². The van der Waals surface area contributed by atoms with E-state index >= 15 is 0 Å². The van der Waals surface area contributed by atoms with E-state index in [9.17, 15) is 0 Å². The minimum absolute atomic E-state index is 0.321. The number of aryl methyl sites for hydroxylation is 2. The van der Waals surface area contributed by atoms with Crippen LogP contribution in [0.5, 0.6) is 0 Å². The summed E-state index contributed by atoms with van der Waals surface area (Å²) in [5.74, 6) is 0. The Hall–Kier alpha value is -1.94. The standard InChI is InChI=1S/C21H27N3S/c1-3-16-9-7-10-17(4-2)20(16)23-21(25)24-14-6-5-12-19(24)18-11-8-13-22-15-18/h7-11,13,15,19H,3-6,12,14H2,1-2H3,(H,23,25)/t19-/m0/s1. The highest BCUT2D eigenvalue weighted by atomic mass is 32.1. The summed E-state index contributed by atoms with van der Waals surface area (Å²) < 4.78 is 0. The first-order valence-corrected chi connectivity index (χ1v) is 9.73. The van der Waals surface area contributed by atoms with Gasteiger partial charge in [0.15, 0.2) is 5.11 Å². The summed E-state index contributed by atoms with van der Waals surface area (Å²) in [5, 5.41) is 4.42. The molecule has 0 radical (unpaired) electrons. The van der Waals surface area contributed by atoms with Crippen LogP contribution in [0.15, 0.2) is 42.7 Å². The Morgan fingerprint density at radius 2 is 1.92 bits per heavy atom. The van der Waals surface area contributed by atoms with E-state index in [0.717, 1.165) is 30.9 Å². The number of hydrogen-bond acceptors (Lipinski definition) is 2. The van der Waals surface area contributed by atoms with E-state index in [1.165, 1.54) is 35.2 Å². The number of rotatable bonds is 4. The Balaban J connectivity index is 1.85. The lowest BCUT2D eigenvalue weighted by Gasteiger charge is -2.38. The molecule has 0 spiro atoms. The number of para-hydroxylation sites is 1. The molecule has 0 amide bonds. The molecule has 0 unspecified atom stereocenters. The van der Waals surface area contributed by atoms with Crippen molar-refractivity contribution >= 4 is 23.0 Å². The van der Waals surface area contributed by atoms with Gasteiger partial charge in [0, 0.05) is 24.6 Å². The van der Waals surface area contributed by atoms with Crippen molar-refractivity contribution in [1.29, 1.82) is 0 Å². The lowest BCUT2D eigenvalue weighted by Crippen LogP contribution is -2.41. The number of pyridine rings is 1. The third-order valence-electron chi connectivity index (χ3n) is 5.06. The summed E-state index contributed by atoms with van der Waals surface area (Å²) in [6, 6.07) is 11.0. The summed E-state index contributed by atoms with van der Waals surface area (Å²) in [7, 11) is 0. The second-order valence-corrected chi connectivity index (χ2v) is 6.97. The maximum Gasteiger partial charge on any atom is 0.173 e. The lowest BCUT2D eigenvalue weighted by molar-refractivity contribution is 0.248. The summed E-state index contributed by atoms with van der Waals surface area (Å²) in [6.45, 7) is 5.39. The van der Waals surface area contributed by atoms with E-state index in [0.29, 0.717) is 6.04 Å². The molecule has 2 aromatic rings. The molecule has 3 nitrogen and oxygen atoms in total. The van der Waals surface area contributed by atoms with E-state index in [4.69, 9.17) is 12.2 Å². The van der Waals surface area contributed by atoms with Gasteiger partial charge in [0.2, 0.25) is 0 Å². The third-order valence-corrected chi connectivity index (χ3v) is 5.40. The van der Waals surface area contributed by atoms with Crippen molar-refractivity contribution < 1.29 is 0 Å². The molecule has 1 saturated heterocycles. The largest absolute Gasteiger partial charge is 0.342 e. The van der Waals surface area contributed by atoms with Gasteiger partial charge >= 0.3 is 0 Å². The van der Waals surface area contributed by atoms with Crippen molar-refractivity contribution in [3.63, 3.8) is 0 Å². The topological polar surface area (TPSA) is 28.2 Å². The van der Waals surface area contributed by atoms with E-state index < -0.39 is 0 Å². The van der Waals surface area contributed by atoms with Gasteiger partial charge in [0.05, 0.1) is 6.04 Å². The number of likely N-dealkylation sites (tertiary alicyclic amines) is 1. The molecule has 132 valence electrons. The predicted molar refractivity (Wildman–Crippen MR) is 109 cm³/mol. The number of aromatic nitrogens is 1. The summed E-state index contributed by atoms with van der Waals surface area (Å²) in [6.07, 6.45) is 9.37. The number of hydrogen-bond donors (Lipinski definition) is 1. The maximum atomic E-state index is 5.84. The van der Waals surface area contributed by atoms with Crippen molar-refractivity contribution in [1.82, 2.24) is 9.88 Å². The number of thiocarbonyl (C=S) groups is 1. The molecule has 4 heteroatoms. The second-order valence-electron chi connectivity index (χ2n) is 6.58. The number of nitrogens with zero attached hydrogens (tertiary/aromatic N) is 2. The molecule has 0 saturated carbocycles. The fourth-order valence-corrected chi connectivity index (χ4v) is 4.00. The molecule has 1 atom stereocenters. The van der Waals surface area contributed by atoms with Crippen LogP contribution in [0.1, 0.15) is 55.8 Å². The predicted octanol–water partition coefficient (Wildman–Crippen LogP) is 5.13. The van der Waals surface area contributed by atoms with Crippen LogP contribution in [-0.2, 0) is 12.8 Å². The molecule has 0 aliphatic carbocycles. The maximum absolute atomic E-state index is 5.84. The van der Waals surface area contributed by atoms with E-state index in [2.05, 4.69) is 53.3 Å². The zero-order valence-electron chi connectivity index (χ0n) is 15.2. The van der Waals surface area contributed by atoms with Crippen molar-refractivity contribution in [2.75, 3.05) is 11.9 Å². The van der Waals surface area contributed by atoms with Gasteiger partial charge in [-0.25, -0.2) is 0 Å². The summed E-state index contributed by atoms with van der Waals surface area (Å²) >= 11 is 5.84. The normalized spacial score (nSPS) is 17.4. The van der Waals surface area contributed by atoms with Crippen LogP contribution >= 0.6 is 12.2 Å². The molecule has 1 aromatic carbocycles. The minimum Gasteiger partial charge on any atom is -0.342 e. The van der Waals surface area contributed by atoms with Crippen molar-refractivity contribution in [2.24, 2.45) is 0 Å². The number of anilines is 1. The molecule has 1 N–H and O–H groups in total. The molecule has 1 fully saturated rings. The third kappa shape index (κ3) is 4.01. The first-order chi connectivity index (χ1) is 12.2. The zero-order chi connectivity index (χ0) is 17.6. The van der Waals surface area contributed by atoms with Gasteiger partial charge in [-0.1, -0.05) is 38.1 Å². The van der Waals surface area contributed by atoms with Crippen LogP contribution in [0.2, 0.25) is 0 Å².